The second kappa shape index (κ2) is 7.68. The number of nitrogens with one attached hydrogen (secondary N) is 1. The highest BCUT2D eigenvalue weighted by molar-refractivity contribution is 8.15. The zero-order valence-electron chi connectivity index (χ0n) is 16.0. The first-order chi connectivity index (χ1) is 14.7. The van der Waals surface area contributed by atoms with Crippen molar-refractivity contribution in [2.45, 2.75) is 6.54 Å². The quantitative estimate of drug-likeness (QED) is 0.514. The highest BCUT2D eigenvalue weighted by atomic mass is 32.2. The summed E-state index contributed by atoms with van der Waals surface area (Å²) in [5, 5.41) is 6.94. The molecule has 148 valence electrons. The minimum absolute atomic E-state index is 0.0541. The van der Waals surface area contributed by atoms with Gasteiger partial charge in [0.1, 0.15) is 6.54 Å². The summed E-state index contributed by atoms with van der Waals surface area (Å²) in [4.78, 5) is 26.5. The molecule has 0 unspecified atom stereocenters. The van der Waals surface area contributed by atoms with Crippen LogP contribution in [0.5, 0.6) is 0 Å². The van der Waals surface area contributed by atoms with E-state index in [1.54, 1.807) is 0 Å². The molecule has 5 rings (SSSR count). The van der Waals surface area contributed by atoms with Crippen LogP contribution in [0.4, 0.5) is 5.69 Å². The van der Waals surface area contributed by atoms with E-state index >= 15 is 0 Å². The number of nitrogens with zero attached hydrogens (tertiary/aromatic N) is 3. The predicted octanol–water partition coefficient (Wildman–Crippen LogP) is 3.96. The highest BCUT2D eigenvalue weighted by Gasteiger charge is 2.30. The normalized spacial score (nSPS) is 15.4. The van der Waals surface area contributed by atoms with Gasteiger partial charge in [0.05, 0.1) is 11.4 Å². The Hall–Kier alpha value is -3.58. The van der Waals surface area contributed by atoms with E-state index in [2.05, 4.69) is 22.7 Å². The minimum Gasteiger partial charge on any atom is -0.331 e. The third-order valence-electron chi connectivity index (χ3n) is 5.04. The van der Waals surface area contributed by atoms with Crippen LogP contribution in [0.3, 0.4) is 0 Å². The number of carbonyl (C=O) groups excluding carboxylic acids is 2. The number of anilines is 1. The number of carbonyl (C=O) groups is 2. The van der Waals surface area contributed by atoms with E-state index in [9.17, 15) is 9.59 Å². The molecule has 6 nitrogen and oxygen atoms in total. The molecule has 2 amide bonds. The maximum atomic E-state index is 12.7. The van der Waals surface area contributed by atoms with Crippen molar-refractivity contribution in [3.63, 3.8) is 0 Å². The van der Waals surface area contributed by atoms with Crippen LogP contribution < -0.4 is 10.3 Å². The molecular formula is C23H18N4O2S. The minimum atomic E-state index is -0.248. The zero-order chi connectivity index (χ0) is 20.5. The summed E-state index contributed by atoms with van der Waals surface area (Å²) in [5.74, 6) is -0.000199. The van der Waals surface area contributed by atoms with Gasteiger partial charge >= 0.3 is 0 Å². The molecule has 0 spiro atoms. The van der Waals surface area contributed by atoms with Crippen molar-refractivity contribution in [2.75, 3.05) is 10.7 Å². The fourth-order valence-corrected chi connectivity index (χ4v) is 4.57. The van der Waals surface area contributed by atoms with Gasteiger partial charge in [0.25, 0.3) is 5.91 Å². The number of thioether (sulfide) groups is 1. The van der Waals surface area contributed by atoms with Gasteiger partial charge in [-0.15, -0.1) is 5.10 Å². The lowest BCUT2D eigenvalue weighted by Gasteiger charge is -2.15. The standard InChI is InChI=1S/C23H18N4O2S/c28-21(24-25-23-27(22(29)15-30-23)16-8-2-1-3-9-16)14-26-19-12-6-4-10-17(19)18-11-5-7-13-20(18)26/h1-13H,14-15H2,(H,24,28). The summed E-state index contributed by atoms with van der Waals surface area (Å²) >= 11 is 1.31. The van der Waals surface area contributed by atoms with Crippen LogP contribution in [0.15, 0.2) is 84.0 Å². The molecule has 1 saturated heterocycles. The lowest BCUT2D eigenvalue weighted by Crippen LogP contribution is -2.32. The lowest BCUT2D eigenvalue weighted by atomic mass is 10.2. The summed E-state index contributed by atoms with van der Waals surface area (Å²) in [6.07, 6.45) is 0. The number of fused-ring (bicyclic) bond motifs is 3. The fourth-order valence-electron chi connectivity index (χ4n) is 3.74. The van der Waals surface area contributed by atoms with Gasteiger partial charge in [-0.1, -0.05) is 66.4 Å². The van der Waals surface area contributed by atoms with Crippen LogP contribution >= 0.6 is 11.8 Å². The molecule has 0 saturated carbocycles. The first kappa shape index (κ1) is 18.4. The number of amidine groups is 1. The van der Waals surface area contributed by atoms with E-state index in [4.69, 9.17) is 0 Å². The van der Waals surface area contributed by atoms with Crippen molar-refractivity contribution in [1.29, 1.82) is 0 Å². The van der Waals surface area contributed by atoms with E-state index in [0.717, 1.165) is 27.5 Å². The van der Waals surface area contributed by atoms with Crippen LogP contribution in [-0.4, -0.2) is 27.3 Å². The Kier molecular flexibility index (Phi) is 4.72. The van der Waals surface area contributed by atoms with Crippen molar-refractivity contribution >= 4 is 56.2 Å². The molecule has 1 aliphatic heterocycles. The molecule has 1 aliphatic rings. The average Bonchev–Trinajstić information content (AvgIpc) is 3.31. The van der Waals surface area contributed by atoms with Crippen LogP contribution in [0.1, 0.15) is 0 Å². The van der Waals surface area contributed by atoms with Crippen molar-refractivity contribution in [1.82, 2.24) is 9.99 Å². The summed E-state index contributed by atoms with van der Waals surface area (Å²) in [6.45, 7) is 0.134. The van der Waals surface area contributed by atoms with Crippen LogP contribution in [-0.2, 0) is 16.1 Å². The summed E-state index contributed by atoms with van der Waals surface area (Å²) in [7, 11) is 0. The molecule has 30 heavy (non-hydrogen) atoms. The molecule has 4 aromatic rings. The zero-order valence-corrected chi connectivity index (χ0v) is 16.8. The third kappa shape index (κ3) is 3.23. The van der Waals surface area contributed by atoms with E-state index in [1.165, 1.54) is 16.7 Å². The lowest BCUT2D eigenvalue weighted by molar-refractivity contribution is -0.121. The average molecular weight is 414 g/mol. The molecule has 1 N–H and O–H groups in total. The second-order valence-corrected chi connectivity index (χ2v) is 7.85. The van der Waals surface area contributed by atoms with Gasteiger partial charge in [-0.25, -0.2) is 5.43 Å². The van der Waals surface area contributed by atoms with Crippen molar-refractivity contribution in [2.24, 2.45) is 5.10 Å². The first-order valence-corrected chi connectivity index (χ1v) is 10.5. The van der Waals surface area contributed by atoms with Crippen molar-refractivity contribution in [3.8, 4) is 0 Å². The number of aromatic nitrogens is 1. The smallest absolute Gasteiger partial charge is 0.260 e. The Balaban J connectivity index is 1.41. The van der Waals surface area contributed by atoms with Crippen LogP contribution in [0.25, 0.3) is 21.8 Å². The maximum absolute atomic E-state index is 12.7. The number of hydrogen-bond acceptors (Lipinski definition) is 4. The molecule has 1 fully saturated rings. The Morgan fingerprint density at radius 3 is 2.17 bits per heavy atom. The Bertz CT molecular complexity index is 1240. The maximum Gasteiger partial charge on any atom is 0.260 e. The van der Waals surface area contributed by atoms with Gasteiger partial charge in [-0.2, -0.15) is 0 Å². The van der Waals surface area contributed by atoms with E-state index in [0.29, 0.717) is 10.9 Å². The van der Waals surface area contributed by atoms with Crippen LogP contribution in [0, 0.1) is 0 Å². The van der Waals surface area contributed by atoms with Gasteiger partial charge in [0.15, 0.2) is 5.17 Å². The van der Waals surface area contributed by atoms with Crippen molar-refractivity contribution in [3.05, 3.63) is 78.9 Å². The monoisotopic (exact) mass is 414 g/mol. The molecule has 0 aliphatic carbocycles. The van der Waals surface area contributed by atoms with E-state index in [-0.39, 0.29) is 18.4 Å². The molecule has 0 radical (unpaired) electrons. The fraction of sp³-hybridized carbons (Fsp3) is 0.0870. The number of hydrazone groups is 1. The number of amides is 2. The second-order valence-electron chi connectivity index (χ2n) is 6.90. The summed E-state index contributed by atoms with van der Waals surface area (Å²) in [5.41, 5.74) is 5.36. The molecule has 1 aromatic heterocycles. The SMILES string of the molecule is O=C(Cn1c2ccccc2c2ccccc21)NN=C1SCC(=O)N1c1ccccc1. The van der Waals surface area contributed by atoms with Crippen molar-refractivity contribution < 1.29 is 9.59 Å². The predicted molar refractivity (Wildman–Crippen MR) is 121 cm³/mol. The van der Waals surface area contributed by atoms with Gasteiger partial charge in [0.2, 0.25) is 5.91 Å². The van der Waals surface area contributed by atoms with E-state index in [1.807, 2.05) is 71.3 Å². The highest BCUT2D eigenvalue weighted by Crippen LogP contribution is 2.29. The summed E-state index contributed by atoms with van der Waals surface area (Å²) < 4.78 is 1.99. The first-order valence-electron chi connectivity index (χ1n) is 9.56. The van der Waals surface area contributed by atoms with Gasteiger partial charge in [-0.3, -0.25) is 14.5 Å². The third-order valence-corrected chi connectivity index (χ3v) is 5.96. The number of hydrogen-bond donors (Lipinski definition) is 1. The molecule has 0 atom stereocenters. The van der Waals surface area contributed by atoms with Gasteiger partial charge in [0, 0.05) is 21.8 Å². The van der Waals surface area contributed by atoms with Gasteiger partial charge < -0.3 is 4.57 Å². The molecular weight excluding hydrogens is 396 g/mol. The largest absolute Gasteiger partial charge is 0.331 e. The number of para-hydroxylation sites is 3. The molecule has 0 bridgehead atoms. The van der Waals surface area contributed by atoms with Crippen LogP contribution in [0.2, 0.25) is 0 Å². The topological polar surface area (TPSA) is 66.7 Å². The Labute approximate surface area is 177 Å². The molecule has 2 heterocycles. The van der Waals surface area contributed by atoms with E-state index < -0.39 is 0 Å². The number of rotatable bonds is 4. The number of benzene rings is 3. The summed E-state index contributed by atoms with van der Waals surface area (Å²) in [6, 6.07) is 25.4. The molecule has 7 heteroatoms. The Morgan fingerprint density at radius 2 is 1.50 bits per heavy atom. The molecule has 3 aromatic carbocycles. The Morgan fingerprint density at radius 1 is 0.900 bits per heavy atom. The van der Waals surface area contributed by atoms with Gasteiger partial charge in [-0.05, 0) is 24.3 Å².